The van der Waals surface area contributed by atoms with Crippen molar-refractivity contribution in [2.45, 2.75) is 104 Å². The van der Waals surface area contributed by atoms with Crippen LogP contribution in [0, 0.1) is 0 Å². The Kier molecular flexibility index (Phi) is 15.1. The van der Waals surface area contributed by atoms with Crippen molar-refractivity contribution >= 4 is 23.8 Å². The number of ether oxygens (including phenoxy) is 3. The Hall–Kier alpha value is -2.90. The summed E-state index contributed by atoms with van der Waals surface area (Å²) in [6, 6.07) is 8.11. The number of aryl methyl sites for hydroxylation is 1. The summed E-state index contributed by atoms with van der Waals surface area (Å²) < 4.78 is 15.8. The van der Waals surface area contributed by atoms with Crippen LogP contribution >= 0.6 is 0 Å². The molecule has 0 aliphatic rings. The van der Waals surface area contributed by atoms with Gasteiger partial charge >= 0.3 is 17.9 Å². The smallest absolute Gasteiger partial charge is 0.328 e. The Labute approximate surface area is 209 Å². The minimum atomic E-state index is -0.974. The molecule has 1 aromatic rings. The van der Waals surface area contributed by atoms with Gasteiger partial charge in [-0.2, -0.15) is 0 Å². The van der Waals surface area contributed by atoms with Crippen LogP contribution < -0.4 is 5.32 Å². The van der Waals surface area contributed by atoms with Crippen LogP contribution in [0.5, 0.6) is 0 Å². The second-order valence-corrected chi connectivity index (χ2v) is 8.73. The lowest BCUT2D eigenvalue weighted by atomic mass is 9.99. The van der Waals surface area contributed by atoms with Gasteiger partial charge in [0.25, 0.3) is 0 Å². The van der Waals surface area contributed by atoms with Gasteiger partial charge in [-0.05, 0) is 43.2 Å². The molecule has 0 saturated carbocycles. The molecule has 8 nitrogen and oxygen atoms in total. The molecule has 0 aromatic heterocycles. The average molecular weight is 492 g/mol. The maximum Gasteiger partial charge on any atom is 0.328 e. The molecule has 1 amide bonds. The van der Waals surface area contributed by atoms with E-state index in [0.29, 0.717) is 12.8 Å². The van der Waals surface area contributed by atoms with Crippen molar-refractivity contribution in [1.29, 1.82) is 0 Å². The van der Waals surface area contributed by atoms with Gasteiger partial charge in [0.2, 0.25) is 12.2 Å². The average Bonchev–Trinajstić information content (AvgIpc) is 2.79. The van der Waals surface area contributed by atoms with E-state index in [1.165, 1.54) is 40.0 Å². The normalized spacial score (nSPS) is 12.3. The molecule has 0 saturated heterocycles. The summed E-state index contributed by atoms with van der Waals surface area (Å²) in [6.07, 6.45) is 8.09. The highest BCUT2D eigenvalue weighted by molar-refractivity contribution is 5.80. The number of hydrogen-bond donors (Lipinski definition) is 1. The molecule has 2 atom stereocenters. The van der Waals surface area contributed by atoms with E-state index in [9.17, 15) is 19.2 Å². The van der Waals surface area contributed by atoms with Gasteiger partial charge in [0.05, 0.1) is 0 Å². The second kappa shape index (κ2) is 17.5. The molecular formula is C27H41NO7. The molecule has 8 heteroatoms. The van der Waals surface area contributed by atoms with Crippen molar-refractivity contribution < 1.29 is 33.4 Å². The Morgan fingerprint density at radius 1 is 0.771 bits per heavy atom. The van der Waals surface area contributed by atoms with Gasteiger partial charge in [0.15, 0.2) is 0 Å². The van der Waals surface area contributed by atoms with Crippen LogP contribution in [-0.2, 0) is 39.8 Å². The summed E-state index contributed by atoms with van der Waals surface area (Å²) in [4.78, 5) is 45.6. The van der Waals surface area contributed by atoms with Crippen LogP contribution in [0.2, 0.25) is 0 Å². The minimum Gasteiger partial charge on any atom is -0.458 e. The standard InChI is InChI=1S/C27H41NO7/c1-5-6-7-8-9-13-25(33-21(3)30)24-17-15-23(16-18-24)12-10-11-14-27(34-22(4)31)35-26(32)19-28-20(2)29/h15-18,25,27H,5-14,19H2,1-4H3,(H,28,29). The van der Waals surface area contributed by atoms with Crippen LogP contribution in [0.15, 0.2) is 24.3 Å². The number of benzene rings is 1. The number of esters is 3. The highest BCUT2D eigenvalue weighted by atomic mass is 16.7. The zero-order chi connectivity index (χ0) is 26.1. The molecule has 0 aliphatic heterocycles. The largest absolute Gasteiger partial charge is 0.458 e. The maximum absolute atomic E-state index is 11.8. The maximum atomic E-state index is 11.8. The summed E-state index contributed by atoms with van der Waals surface area (Å²) in [5.41, 5.74) is 2.14. The predicted molar refractivity (Wildman–Crippen MR) is 132 cm³/mol. The highest BCUT2D eigenvalue weighted by Crippen LogP contribution is 2.25. The first-order valence-electron chi connectivity index (χ1n) is 12.6. The van der Waals surface area contributed by atoms with Gasteiger partial charge in [-0.3, -0.25) is 19.2 Å². The van der Waals surface area contributed by atoms with E-state index in [0.717, 1.165) is 43.2 Å². The molecule has 1 aromatic carbocycles. The quantitative estimate of drug-likeness (QED) is 0.187. The van der Waals surface area contributed by atoms with Crippen molar-refractivity contribution in [3.63, 3.8) is 0 Å². The van der Waals surface area contributed by atoms with Crippen LogP contribution in [0.3, 0.4) is 0 Å². The first kappa shape index (κ1) is 30.1. The van der Waals surface area contributed by atoms with E-state index in [4.69, 9.17) is 14.2 Å². The summed E-state index contributed by atoms with van der Waals surface area (Å²) in [6.45, 7) is 5.91. The topological polar surface area (TPSA) is 108 Å². The molecule has 196 valence electrons. The SMILES string of the molecule is CCCCCCCC(OC(C)=O)c1ccc(CCCCC(OC(C)=O)OC(=O)CNC(C)=O)cc1. The van der Waals surface area contributed by atoms with Crippen molar-refractivity contribution in [1.82, 2.24) is 5.32 Å². The predicted octanol–water partition coefficient (Wildman–Crippen LogP) is 4.93. The summed E-state index contributed by atoms with van der Waals surface area (Å²) in [7, 11) is 0. The number of rotatable bonds is 17. The van der Waals surface area contributed by atoms with E-state index in [1.54, 1.807) is 0 Å². The van der Waals surface area contributed by atoms with Crippen LogP contribution in [0.1, 0.15) is 103 Å². The number of unbranched alkanes of at least 4 members (excludes halogenated alkanes) is 5. The van der Waals surface area contributed by atoms with E-state index < -0.39 is 18.2 Å². The summed E-state index contributed by atoms with van der Waals surface area (Å²) in [5.74, 6) is -1.81. The van der Waals surface area contributed by atoms with E-state index in [2.05, 4.69) is 12.2 Å². The van der Waals surface area contributed by atoms with Crippen molar-refractivity contribution in [2.75, 3.05) is 6.54 Å². The number of hydrogen-bond acceptors (Lipinski definition) is 7. The Bertz CT molecular complexity index is 791. The lowest BCUT2D eigenvalue weighted by molar-refractivity contribution is -0.187. The zero-order valence-corrected chi connectivity index (χ0v) is 21.6. The molecule has 35 heavy (non-hydrogen) atoms. The molecule has 0 bridgehead atoms. The number of nitrogens with one attached hydrogen (secondary N) is 1. The molecule has 0 aliphatic carbocycles. The van der Waals surface area contributed by atoms with Crippen molar-refractivity contribution in [3.8, 4) is 0 Å². The minimum absolute atomic E-state index is 0.222. The number of carbonyl (C=O) groups excluding carboxylic acids is 4. The first-order valence-corrected chi connectivity index (χ1v) is 12.6. The Balaban J connectivity index is 2.52. The molecule has 2 unspecified atom stereocenters. The molecule has 0 spiro atoms. The molecule has 0 heterocycles. The van der Waals surface area contributed by atoms with Crippen molar-refractivity contribution in [3.05, 3.63) is 35.4 Å². The van der Waals surface area contributed by atoms with Gasteiger partial charge in [-0.25, -0.2) is 0 Å². The van der Waals surface area contributed by atoms with Gasteiger partial charge in [-0.15, -0.1) is 0 Å². The van der Waals surface area contributed by atoms with E-state index in [-0.39, 0.29) is 24.5 Å². The summed E-state index contributed by atoms with van der Waals surface area (Å²) >= 11 is 0. The fourth-order valence-corrected chi connectivity index (χ4v) is 3.68. The second-order valence-electron chi connectivity index (χ2n) is 8.73. The molecule has 1 rings (SSSR count). The van der Waals surface area contributed by atoms with E-state index >= 15 is 0 Å². The Morgan fingerprint density at radius 2 is 1.40 bits per heavy atom. The van der Waals surface area contributed by atoms with Crippen molar-refractivity contribution in [2.24, 2.45) is 0 Å². The third-order valence-electron chi connectivity index (χ3n) is 5.43. The van der Waals surface area contributed by atoms with Crippen LogP contribution in [0.25, 0.3) is 0 Å². The van der Waals surface area contributed by atoms with Crippen LogP contribution in [0.4, 0.5) is 0 Å². The third kappa shape index (κ3) is 14.9. The lowest BCUT2D eigenvalue weighted by Crippen LogP contribution is -2.32. The summed E-state index contributed by atoms with van der Waals surface area (Å²) in [5, 5.41) is 2.35. The Morgan fingerprint density at radius 3 is 2.00 bits per heavy atom. The molecule has 0 radical (unpaired) electrons. The van der Waals surface area contributed by atoms with Gasteiger partial charge in [-0.1, -0.05) is 56.9 Å². The number of carbonyl (C=O) groups is 4. The monoisotopic (exact) mass is 491 g/mol. The zero-order valence-electron chi connectivity index (χ0n) is 21.6. The molecule has 1 N–H and O–H groups in total. The van der Waals surface area contributed by atoms with E-state index in [1.807, 2.05) is 24.3 Å². The van der Waals surface area contributed by atoms with Crippen LogP contribution in [-0.4, -0.2) is 36.6 Å². The lowest BCUT2D eigenvalue weighted by Gasteiger charge is -2.18. The molecular weight excluding hydrogens is 450 g/mol. The van der Waals surface area contributed by atoms with Gasteiger partial charge in [0, 0.05) is 27.2 Å². The molecule has 0 fully saturated rings. The fraction of sp³-hybridized carbons (Fsp3) is 0.630. The first-order chi connectivity index (χ1) is 16.7. The third-order valence-corrected chi connectivity index (χ3v) is 5.43. The van der Waals surface area contributed by atoms with Gasteiger partial charge in [0.1, 0.15) is 12.6 Å². The van der Waals surface area contributed by atoms with Gasteiger partial charge < -0.3 is 19.5 Å². The highest BCUT2D eigenvalue weighted by Gasteiger charge is 2.18. The number of amides is 1. The fourth-order valence-electron chi connectivity index (χ4n) is 3.68.